The Morgan fingerprint density at radius 2 is 1.77 bits per heavy atom. The van der Waals surface area contributed by atoms with Crippen molar-refractivity contribution < 1.29 is 22.8 Å². The lowest BCUT2D eigenvalue weighted by atomic mass is 9.99. The summed E-state index contributed by atoms with van der Waals surface area (Å²) in [4.78, 5) is 30.6. The molecule has 0 aliphatic rings. The highest BCUT2D eigenvalue weighted by Gasteiger charge is 2.32. The maximum absolute atomic E-state index is 13.7. The van der Waals surface area contributed by atoms with Gasteiger partial charge in [-0.05, 0) is 70.4 Å². The highest BCUT2D eigenvalue weighted by Crippen LogP contribution is 2.24. The molecule has 0 fully saturated rings. The highest BCUT2D eigenvalue weighted by molar-refractivity contribution is 6.08. The fraction of sp³-hybridized carbons (Fsp3) is 0.300. The Morgan fingerprint density at radius 3 is 2.25 bits per heavy atom. The van der Waals surface area contributed by atoms with E-state index in [0.29, 0.717) is 5.57 Å². The van der Waals surface area contributed by atoms with Crippen molar-refractivity contribution in [2.75, 3.05) is 13.6 Å². The number of nitrogens with one attached hydrogen (secondary N) is 1. The van der Waals surface area contributed by atoms with Crippen molar-refractivity contribution in [2.45, 2.75) is 47.7 Å². The summed E-state index contributed by atoms with van der Waals surface area (Å²) in [7, 11) is 1.35. The van der Waals surface area contributed by atoms with Crippen molar-refractivity contribution in [1.82, 2.24) is 10.3 Å². The van der Waals surface area contributed by atoms with Crippen LogP contribution in [-0.2, 0) is 9.59 Å². The number of allylic oxidation sites excluding steroid dienone is 6. The molecule has 212 valence electrons. The minimum atomic E-state index is -4.59. The number of nitriles is 1. The molecule has 10 heteroatoms. The van der Waals surface area contributed by atoms with Gasteiger partial charge in [-0.25, -0.2) is 4.99 Å². The van der Waals surface area contributed by atoms with Crippen molar-refractivity contribution in [1.29, 1.82) is 5.26 Å². The Labute approximate surface area is 233 Å². The van der Waals surface area contributed by atoms with Gasteiger partial charge in [0.25, 0.3) is 5.91 Å². The third kappa shape index (κ3) is 9.66. The third-order valence-corrected chi connectivity index (χ3v) is 5.68. The number of amides is 1. The molecule has 0 aliphatic heterocycles. The average Bonchev–Trinajstić information content (AvgIpc) is 2.89. The van der Waals surface area contributed by atoms with Crippen molar-refractivity contribution in [3.8, 4) is 6.07 Å². The van der Waals surface area contributed by atoms with Crippen LogP contribution in [0.1, 0.15) is 45.7 Å². The Hall–Kier alpha value is -4.52. The first-order valence-electron chi connectivity index (χ1n) is 12.3. The molecule has 1 aromatic rings. The molecule has 1 rings (SSSR count). The summed E-state index contributed by atoms with van der Waals surface area (Å²) in [6.45, 7) is 12.5. The molecule has 0 spiro atoms. The van der Waals surface area contributed by atoms with E-state index >= 15 is 0 Å². The lowest BCUT2D eigenvalue weighted by Gasteiger charge is -2.18. The number of ketones is 1. The van der Waals surface area contributed by atoms with Crippen LogP contribution in [0.3, 0.4) is 0 Å². The molecular formula is C30H34F3N5O2. The number of carbonyl (C=O) groups is 2. The van der Waals surface area contributed by atoms with Gasteiger partial charge >= 0.3 is 6.18 Å². The molecule has 0 atom stereocenters. The number of hydrogen-bond donors (Lipinski definition) is 1. The van der Waals surface area contributed by atoms with E-state index < -0.39 is 17.8 Å². The maximum Gasteiger partial charge on any atom is 0.430 e. The van der Waals surface area contributed by atoms with E-state index in [1.54, 1.807) is 26.8 Å². The number of benzene rings is 1. The Kier molecular flexibility index (Phi) is 12.7. The minimum Gasteiger partial charge on any atom is -0.320 e. The number of hydrazone groups is 1. The molecule has 0 saturated heterocycles. The summed E-state index contributed by atoms with van der Waals surface area (Å²) in [6.07, 6.45) is 1.18. The van der Waals surface area contributed by atoms with Gasteiger partial charge in [0.05, 0.1) is 18.3 Å². The van der Waals surface area contributed by atoms with Gasteiger partial charge in [-0.15, -0.1) is 0 Å². The van der Waals surface area contributed by atoms with E-state index in [-0.39, 0.29) is 40.6 Å². The molecule has 7 nitrogen and oxygen atoms in total. The maximum atomic E-state index is 13.7. The van der Waals surface area contributed by atoms with Gasteiger partial charge in [0.1, 0.15) is 11.4 Å². The molecule has 0 aromatic heterocycles. The smallest absolute Gasteiger partial charge is 0.320 e. The first-order chi connectivity index (χ1) is 18.7. The van der Waals surface area contributed by atoms with E-state index in [0.717, 1.165) is 23.1 Å². The molecule has 0 aliphatic carbocycles. The second-order valence-electron chi connectivity index (χ2n) is 8.72. The Bertz CT molecular complexity index is 1370. The van der Waals surface area contributed by atoms with E-state index in [1.165, 1.54) is 38.3 Å². The van der Waals surface area contributed by atoms with E-state index in [2.05, 4.69) is 22.0 Å². The lowest BCUT2D eigenvalue weighted by molar-refractivity contribution is -0.116. The van der Waals surface area contributed by atoms with Crippen LogP contribution in [0.5, 0.6) is 0 Å². The van der Waals surface area contributed by atoms with Gasteiger partial charge in [0, 0.05) is 23.9 Å². The van der Waals surface area contributed by atoms with Crippen molar-refractivity contribution in [2.24, 2.45) is 10.1 Å². The monoisotopic (exact) mass is 553 g/mol. The minimum absolute atomic E-state index is 0.0390. The third-order valence-electron chi connectivity index (χ3n) is 5.68. The summed E-state index contributed by atoms with van der Waals surface area (Å²) in [6, 6.07) is 9.30. The molecule has 1 aromatic carbocycles. The Morgan fingerprint density at radius 1 is 1.15 bits per heavy atom. The molecule has 1 N–H and O–H groups in total. The fourth-order valence-electron chi connectivity index (χ4n) is 3.48. The number of aryl methyl sites for hydroxylation is 1. The second kappa shape index (κ2) is 15.2. The summed E-state index contributed by atoms with van der Waals surface area (Å²) in [5.41, 5.74) is 1.70. The first-order valence-corrected chi connectivity index (χ1v) is 12.3. The molecule has 0 bridgehead atoms. The summed E-state index contributed by atoms with van der Waals surface area (Å²) < 4.78 is 38.9. The largest absolute Gasteiger partial charge is 0.430 e. The van der Waals surface area contributed by atoms with Crippen LogP contribution < -0.4 is 5.32 Å². The van der Waals surface area contributed by atoms with Crippen LogP contribution >= 0.6 is 0 Å². The number of Topliss-reactive ketones (excluding diaryl/α,β-unsaturated/α-hetero) is 1. The van der Waals surface area contributed by atoms with Crippen LogP contribution in [0.15, 0.2) is 87.8 Å². The Balaban J connectivity index is 3.70. The van der Waals surface area contributed by atoms with Crippen molar-refractivity contribution in [3.05, 3.63) is 88.8 Å². The molecular weight excluding hydrogens is 519 g/mol. The van der Waals surface area contributed by atoms with Crippen LogP contribution in [-0.4, -0.2) is 47.9 Å². The standard InChI is InChI=1S/C30H34F3N5O2/c1-9-23(17-34)16-26(21(6)39)27(11-3)36-29(40)28(20(5)25-15-13-12-14-19(25)4)35-24(10-2)18-38(8)37-22(7)30(31,32)33/h9-16H,2,18H2,1,3-8H3,(H,36,40)/b23-9+,26-16-,27-11-,28-20+,35-24+,37-22+. The van der Waals surface area contributed by atoms with Crippen molar-refractivity contribution in [3.63, 3.8) is 0 Å². The van der Waals surface area contributed by atoms with Gasteiger partial charge in [0.2, 0.25) is 0 Å². The van der Waals surface area contributed by atoms with Crippen LogP contribution in [0.25, 0.3) is 5.57 Å². The predicted molar refractivity (Wildman–Crippen MR) is 153 cm³/mol. The van der Waals surface area contributed by atoms with Gasteiger partial charge < -0.3 is 5.32 Å². The van der Waals surface area contributed by atoms with Gasteiger partial charge in [-0.2, -0.15) is 23.5 Å². The number of aliphatic imine (C=N–C) groups is 1. The fourth-order valence-corrected chi connectivity index (χ4v) is 3.48. The molecule has 40 heavy (non-hydrogen) atoms. The molecule has 1 amide bonds. The number of rotatable bonds is 11. The topological polar surface area (TPSA) is 97.9 Å². The summed E-state index contributed by atoms with van der Waals surface area (Å²) in [5.74, 6) is -1.05. The number of hydrogen-bond acceptors (Lipinski definition) is 6. The number of nitrogens with zero attached hydrogens (tertiary/aromatic N) is 4. The van der Waals surface area contributed by atoms with E-state index in [1.807, 2.05) is 31.2 Å². The lowest BCUT2D eigenvalue weighted by Crippen LogP contribution is -2.29. The van der Waals surface area contributed by atoms with Gasteiger partial charge in [-0.1, -0.05) is 43.0 Å². The zero-order chi connectivity index (χ0) is 30.6. The number of halogens is 3. The second-order valence-corrected chi connectivity index (χ2v) is 8.72. The summed E-state index contributed by atoms with van der Waals surface area (Å²) in [5, 5.41) is 16.6. The highest BCUT2D eigenvalue weighted by atomic mass is 19.4. The van der Waals surface area contributed by atoms with Crippen molar-refractivity contribution >= 4 is 28.7 Å². The average molecular weight is 554 g/mol. The summed E-state index contributed by atoms with van der Waals surface area (Å²) >= 11 is 0. The normalized spacial score (nSPS) is 14.3. The van der Waals surface area contributed by atoms with Gasteiger partial charge in [-0.3, -0.25) is 14.6 Å². The zero-order valence-corrected chi connectivity index (χ0v) is 23.8. The molecule has 0 saturated carbocycles. The van der Waals surface area contributed by atoms with E-state index in [9.17, 15) is 28.0 Å². The van der Waals surface area contributed by atoms with E-state index in [4.69, 9.17) is 0 Å². The predicted octanol–water partition coefficient (Wildman–Crippen LogP) is 6.23. The quantitative estimate of drug-likeness (QED) is 0.116. The first kappa shape index (κ1) is 33.5. The van der Waals surface area contributed by atoms with Crippen LogP contribution in [0.2, 0.25) is 0 Å². The zero-order valence-electron chi connectivity index (χ0n) is 23.8. The van der Waals surface area contributed by atoms with Crippen LogP contribution in [0, 0.1) is 18.3 Å². The molecule has 0 unspecified atom stereocenters. The SMILES string of the molecule is C=C/C(CN(C)/N=C(\C)C(F)(F)F)=N\C(C(=O)NC(=C\C)/C(=C\C(C#N)=C/C)C(C)=O)=C(/C)c1ccccc1C. The van der Waals surface area contributed by atoms with Gasteiger partial charge in [0.15, 0.2) is 5.78 Å². The molecule has 0 heterocycles. The number of carbonyl (C=O) groups excluding carboxylic acids is 2. The van der Waals surface area contributed by atoms with Crippen LogP contribution in [0.4, 0.5) is 13.2 Å². The molecule has 0 radical (unpaired) electrons. The number of alkyl halides is 3.